The van der Waals surface area contributed by atoms with Crippen molar-refractivity contribution < 1.29 is 9.63 Å². The fourth-order valence-electron chi connectivity index (χ4n) is 3.14. The molecule has 2 fully saturated rings. The van der Waals surface area contributed by atoms with Gasteiger partial charge in [0.05, 0.1) is 0 Å². The molecular weight excluding hydrogens is 228 g/mol. The number of nitrogens with zero attached hydrogens (tertiary/aromatic N) is 1. The first kappa shape index (κ1) is 11.8. The van der Waals surface area contributed by atoms with Gasteiger partial charge in [-0.2, -0.15) is 0 Å². The zero-order valence-electron chi connectivity index (χ0n) is 10.7. The van der Waals surface area contributed by atoms with Crippen LogP contribution in [-0.4, -0.2) is 29.4 Å². The molecule has 1 atom stereocenters. The van der Waals surface area contributed by atoms with Gasteiger partial charge >= 0.3 is 0 Å². The summed E-state index contributed by atoms with van der Waals surface area (Å²) in [6.45, 7) is 4.49. The number of fused-ring (bicyclic) bond motifs is 1. The summed E-state index contributed by atoms with van der Waals surface area (Å²) in [4.78, 5) is 19.6. The number of rotatable bonds is 2. The van der Waals surface area contributed by atoms with Crippen LogP contribution in [0.1, 0.15) is 38.5 Å². The van der Waals surface area contributed by atoms with E-state index < -0.39 is 0 Å². The highest BCUT2D eigenvalue weighted by Gasteiger charge is 2.44. The molecule has 4 heteroatoms. The third-order valence-electron chi connectivity index (χ3n) is 4.25. The van der Waals surface area contributed by atoms with E-state index in [0.717, 1.165) is 24.2 Å². The Kier molecular flexibility index (Phi) is 3.12. The minimum Gasteiger partial charge on any atom is -0.409 e. The molecule has 0 aromatic heterocycles. The maximum absolute atomic E-state index is 12.4. The summed E-state index contributed by atoms with van der Waals surface area (Å²) in [5.41, 5.74) is 3.81. The zero-order chi connectivity index (χ0) is 12.5. The van der Waals surface area contributed by atoms with Crippen LogP contribution in [-0.2, 0) is 9.63 Å². The predicted octanol–water partition coefficient (Wildman–Crippen LogP) is 1.89. The molecule has 3 aliphatic rings. The van der Waals surface area contributed by atoms with Crippen LogP contribution in [0.25, 0.3) is 0 Å². The molecule has 1 N–H and O–H groups in total. The lowest BCUT2D eigenvalue weighted by Gasteiger charge is -2.43. The summed E-state index contributed by atoms with van der Waals surface area (Å²) in [5, 5.41) is 0. The second-order valence-corrected chi connectivity index (χ2v) is 5.36. The fraction of sp³-hybridized carbons (Fsp3) is 0.643. The van der Waals surface area contributed by atoms with Crippen molar-refractivity contribution in [3.8, 4) is 0 Å². The van der Waals surface area contributed by atoms with Gasteiger partial charge in [0, 0.05) is 18.2 Å². The second-order valence-electron chi connectivity index (χ2n) is 5.36. The molecule has 18 heavy (non-hydrogen) atoms. The minimum absolute atomic E-state index is 0.175. The summed E-state index contributed by atoms with van der Waals surface area (Å²) >= 11 is 0. The van der Waals surface area contributed by atoms with Crippen molar-refractivity contribution in [2.24, 2.45) is 0 Å². The second kappa shape index (κ2) is 4.76. The highest BCUT2D eigenvalue weighted by molar-refractivity contribution is 5.88. The molecule has 1 unspecified atom stereocenters. The van der Waals surface area contributed by atoms with Gasteiger partial charge in [0.1, 0.15) is 0 Å². The Morgan fingerprint density at radius 1 is 1.28 bits per heavy atom. The largest absolute Gasteiger partial charge is 0.409 e. The molecule has 2 aliphatic heterocycles. The highest BCUT2D eigenvalue weighted by atomic mass is 16.7. The Labute approximate surface area is 108 Å². The summed E-state index contributed by atoms with van der Waals surface area (Å²) < 4.78 is 0. The summed E-state index contributed by atoms with van der Waals surface area (Å²) in [6.07, 6.45) is 9.18. The maximum Gasteiger partial charge on any atom is 0.251 e. The van der Waals surface area contributed by atoms with E-state index in [4.69, 9.17) is 4.84 Å². The van der Waals surface area contributed by atoms with Gasteiger partial charge in [-0.05, 0) is 12.8 Å². The SMILES string of the molecule is C=CC1=C2ONC2C(=O)N(C2CCCCCC2)C1. The van der Waals surface area contributed by atoms with Gasteiger partial charge in [-0.15, -0.1) is 5.48 Å². The molecule has 0 bridgehead atoms. The molecule has 0 aromatic rings. The van der Waals surface area contributed by atoms with Crippen LogP contribution in [0.3, 0.4) is 0 Å². The zero-order valence-corrected chi connectivity index (χ0v) is 10.7. The molecule has 2 heterocycles. The van der Waals surface area contributed by atoms with E-state index in [1.807, 2.05) is 11.0 Å². The van der Waals surface area contributed by atoms with Crippen molar-refractivity contribution in [2.45, 2.75) is 50.6 Å². The Morgan fingerprint density at radius 3 is 2.56 bits per heavy atom. The van der Waals surface area contributed by atoms with E-state index in [9.17, 15) is 4.79 Å². The third kappa shape index (κ3) is 1.85. The summed E-state index contributed by atoms with van der Waals surface area (Å²) in [5.74, 6) is 0.952. The van der Waals surface area contributed by atoms with Crippen molar-refractivity contribution in [2.75, 3.05) is 6.54 Å². The van der Waals surface area contributed by atoms with Crippen LogP contribution >= 0.6 is 0 Å². The molecule has 98 valence electrons. The van der Waals surface area contributed by atoms with Crippen LogP contribution in [0.15, 0.2) is 24.0 Å². The Hall–Kier alpha value is -1.29. The topological polar surface area (TPSA) is 41.6 Å². The van der Waals surface area contributed by atoms with Gasteiger partial charge in [0.15, 0.2) is 11.8 Å². The molecular formula is C14H20N2O2. The minimum atomic E-state index is -0.255. The van der Waals surface area contributed by atoms with E-state index in [0.29, 0.717) is 12.6 Å². The van der Waals surface area contributed by atoms with Crippen LogP contribution in [0, 0.1) is 0 Å². The summed E-state index contributed by atoms with van der Waals surface area (Å²) in [6, 6.07) is 0.147. The van der Waals surface area contributed by atoms with Gasteiger partial charge in [-0.25, -0.2) is 0 Å². The lowest BCUT2D eigenvalue weighted by atomic mass is 9.97. The standard InChI is InChI=1S/C14H20N2O2/c1-2-10-9-16(11-7-5-3-4-6-8-11)14(17)12-13(10)18-15-12/h2,11-12,15H,1,3-9H2. The van der Waals surface area contributed by atoms with Gasteiger partial charge in [0.25, 0.3) is 5.91 Å². The Balaban J connectivity index is 1.80. The van der Waals surface area contributed by atoms with E-state index in [-0.39, 0.29) is 11.9 Å². The van der Waals surface area contributed by atoms with Gasteiger partial charge in [0.2, 0.25) is 0 Å². The molecule has 3 rings (SSSR count). The maximum atomic E-state index is 12.4. The molecule has 1 aliphatic carbocycles. The number of amides is 1. The van der Waals surface area contributed by atoms with Crippen molar-refractivity contribution in [3.63, 3.8) is 0 Å². The summed E-state index contributed by atoms with van der Waals surface area (Å²) in [7, 11) is 0. The Bertz CT molecular complexity index is 395. The molecule has 0 radical (unpaired) electrons. The van der Waals surface area contributed by atoms with Crippen LogP contribution < -0.4 is 5.48 Å². The lowest BCUT2D eigenvalue weighted by Crippen LogP contribution is -2.61. The molecule has 0 spiro atoms. The first-order valence-corrected chi connectivity index (χ1v) is 6.89. The highest BCUT2D eigenvalue weighted by Crippen LogP contribution is 2.31. The smallest absolute Gasteiger partial charge is 0.251 e. The average molecular weight is 248 g/mol. The average Bonchev–Trinajstić information content (AvgIpc) is 2.60. The molecule has 4 nitrogen and oxygen atoms in total. The van der Waals surface area contributed by atoms with E-state index in [1.54, 1.807) is 0 Å². The number of carbonyl (C=O) groups is 1. The molecule has 0 aromatic carbocycles. The van der Waals surface area contributed by atoms with Crippen LogP contribution in [0.5, 0.6) is 0 Å². The normalized spacial score (nSPS) is 29.2. The van der Waals surface area contributed by atoms with Crippen molar-refractivity contribution in [3.05, 3.63) is 24.0 Å². The molecule has 1 saturated heterocycles. The third-order valence-corrected chi connectivity index (χ3v) is 4.25. The number of hydrogen-bond donors (Lipinski definition) is 1. The fourth-order valence-corrected chi connectivity index (χ4v) is 3.14. The lowest BCUT2D eigenvalue weighted by molar-refractivity contribution is -0.150. The van der Waals surface area contributed by atoms with E-state index in [1.165, 1.54) is 25.7 Å². The number of nitrogens with one attached hydrogen (secondary N) is 1. The van der Waals surface area contributed by atoms with Crippen molar-refractivity contribution in [1.29, 1.82) is 0 Å². The van der Waals surface area contributed by atoms with Crippen LogP contribution in [0.2, 0.25) is 0 Å². The monoisotopic (exact) mass is 248 g/mol. The van der Waals surface area contributed by atoms with Gasteiger partial charge in [-0.1, -0.05) is 38.3 Å². The van der Waals surface area contributed by atoms with E-state index >= 15 is 0 Å². The molecule has 1 amide bonds. The Morgan fingerprint density at radius 2 is 2.00 bits per heavy atom. The number of hydroxylamine groups is 1. The predicted molar refractivity (Wildman–Crippen MR) is 68.4 cm³/mol. The van der Waals surface area contributed by atoms with Gasteiger partial charge in [-0.3, -0.25) is 4.79 Å². The first-order valence-electron chi connectivity index (χ1n) is 6.89. The van der Waals surface area contributed by atoms with Crippen LogP contribution in [0.4, 0.5) is 0 Å². The first-order chi connectivity index (χ1) is 8.81. The molecule has 1 saturated carbocycles. The van der Waals surface area contributed by atoms with E-state index in [2.05, 4.69) is 12.1 Å². The van der Waals surface area contributed by atoms with Gasteiger partial charge < -0.3 is 9.74 Å². The van der Waals surface area contributed by atoms with Crippen molar-refractivity contribution >= 4 is 5.91 Å². The quantitative estimate of drug-likeness (QED) is 0.759. The van der Waals surface area contributed by atoms with Crippen molar-refractivity contribution in [1.82, 2.24) is 10.4 Å². The number of hydrogen-bond acceptors (Lipinski definition) is 3. The number of carbonyl (C=O) groups excluding carboxylic acids is 1.